The Labute approximate surface area is 147 Å². The van der Waals surface area contributed by atoms with Crippen LogP contribution in [0.4, 0.5) is 0 Å². The molecule has 0 amide bonds. The average Bonchev–Trinajstić information content (AvgIpc) is 3.10. The van der Waals surface area contributed by atoms with Crippen molar-refractivity contribution in [1.82, 2.24) is 0 Å². The third-order valence-electron chi connectivity index (χ3n) is 5.56. The topological polar surface area (TPSA) is 9.23 Å². The first-order valence-corrected chi connectivity index (χ1v) is 11.5. The van der Waals surface area contributed by atoms with Crippen molar-refractivity contribution in [3.05, 3.63) is 73.3 Å². The van der Waals surface area contributed by atoms with Crippen molar-refractivity contribution < 1.29 is 4.43 Å². The van der Waals surface area contributed by atoms with E-state index in [1.165, 1.54) is 36.1 Å². The van der Waals surface area contributed by atoms with Gasteiger partial charge >= 0.3 is 0 Å². The first kappa shape index (κ1) is 17.2. The average molecular weight is 337 g/mol. The molecular weight excluding hydrogens is 308 g/mol. The van der Waals surface area contributed by atoms with E-state index >= 15 is 0 Å². The Morgan fingerprint density at radius 2 is 1.46 bits per heavy atom. The molecule has 0 bridgehead atoms. The van der Waals surface area contributed by atoms with Crippen LogP contribution >= 0.6 is 0 Å². The molecule has 2 aromatic carbocycles. The lowest BCUT2D eigenvalue weighted by Gasteiger charge is -2.35. The van der Waals surface area contributed by atoms with E-state index in [1.54, 1.807) is 0 Å². The van der Waals surface area contributed by atoms with Crippen LogP contribution < -0.4 is 10.4 Å². The monoisotopic (exact) mass is 336 g/mol. The zero-order chi connectivity index (χ0) is 16.9. The molecule has 0 radical (unpaired) electrons. The van der Waals surface area contributed by atoms with Crippen LogP contribution in [0.5, 0.6) is 0 Å². The largest absolute Gasteiger partial charge is 0.408 e. The van der Waals surface area contributed by atoms with Crippen molar-refractivity contribution in [2.75, 3.05) is 6.61 Å². The van der Waals surface area contributed by atoms with Gasteiger partial charge in [-0.15, -0.1) is 6.58 Å². The van der Waals surface area contributed by atoms with E-state index in [4.69, 9.17) is 4.43 Å². The van der Waals surface area contributed by atoms with Crippen molar-refractivity contribution in [3.8, 4) is 0 Å². The molecule has 1 nitrogen and oxygen atoms in total. The van der Waals surface area contributed by atoms with Gasteiger partial charge in [-0.1, -0.05) is 79.6 Å². The van der Waals surface area contributed by atoms with E-state index in [-0.39, 0.29) is 0 Å². The van der Waals surface area contributed by atoms with E-state index in [2.05, 4.69) is 79.9 Å². The summed E-state index contributed by atoms with van der Waals surface area (Å²) in [6.07, 6.45) is 8.35. The molecule has 3 rings (SSSR count). The molecule has 0 spiro atoms. The van der Waals surface area contributed by atoms with Crippen LogP contribution in [0.15, 0.2) is 73.3 Å². The van der Waals surface area contributed by atoms with Crippen LogP contribution in [0.25, 0.3) is 0 Å². The Balaban J connectivity index is 1.90. The van der Waals surface area contributed by atoms with Gasteiger partial charge in [-0.2, -0.15) is 0 Å². The lowest BCUT2D eigenvalue weighted by molar-refractivity contribution is 0.150. The number of hydrogen-bond donors (Lipinski definition) is 0. The van der Waals surface area contributed by atoms with Gasteiger partial charge in [0.05, 0.1) is 0 Å². The molecule has 2 aromatic rings. The third kappa shape index (κ3) is 3.55. The van der Waals surface area contributed by atoms with Crippen molar-refractivity contribution >= 4 is 18.7 Å². The summed E-state index contributed by atoms with van der Waals surface area (Å²) in [6.45, 7) is 7.18. The predicted octanol–water partition coefficient (Wildman–Crippen LogP) is 4.53. The Kier molecular flexibility index (Phi) is 5.37. The molecule has 1 fully saturated rings. The summed E-state index contributed by atoms with van der Waals surface area (Å²) in [6, 6.07) is 21.6. The van der Waals surface area contributed by atoms with Gasteiger partial charge < -0.3 is 4.43 Å². The van der Waals surface area contributed by atoms with Crippen molar-refractivity contribution in [2.45, 2.75) is 38.7 Å². The minimum absolute atomic E-state index is 0.305. The summed E-state index contributed by atoms with van der Waals surface area (Å²) in [5.74, 6) is 0. The first-order chi connectivity index (χ1) is 11.7. The Morgan fingerprint density at radius 1 is 0.958 bits per heavy atom. The van der Waals surface area contributed by atoms with Crippen LogP contribution in [0.1, 0.15) is 32.1 Å². The zero-order valence-corrected chi connectivity index (χ0v) is 15.7. The van der Waals surface area contributed by atoms with Crippen LogP contribution in [-0.2, 0) is 4.43 Å². The maximum Gasteiger partial charge on any atom is 0.252 e. The quantitative estimate of drug-likeness (QED) is 0.533. The molecule has 2 heteroatoms. The highest BCUT2D eigenvalue weighted by molar-refractivity contribution is 6.96. The summed E-state index contributed by atoms with van der Waals surface area (Å²) in [5, 5.41) is 2.70. The number of benzene rings is 2. The van der Waals surface area contributed by atoms with E-state index in [9.17, 15) is 0 Å². The standard InChI is InChI=1S/C22H28OSi/c1-3-16-22(17-10-11-18-22)19-23-24(2,20-12-6-4-7-13-20)21-14-8-5-9-15-21/h3-9,12-15H,1,10-11,16-19H2,2H3. The molecule has 0 heterocycles. The molecule has 0 N–H and O–H groups in total. The van der Waals surface area contributed by atoms with Crippen LogP contribution in [-0.4, -0.2) is 14.9 Å². The van der Waals surface area contributed by atoms with Gasteiger partial charge in [0.1, 0.15) is 0 Å². The molecule has 1 aliphatic rings. The van der Waals surface area contributed by atoms with Gasteiger partial charge in [0.2, 0.25) is 0 Å². The van der Waals surface area contributed by atoms with Gasteiger partial charge in [-0.25, -0.2) is 0 Å². The predicted molar refractivity (Wildman–Crippen MR) is 105 cm³/mol. The number of hydrogen-bond acceptors (Lipinski definition) is 1. The second kappa shape index (κ2) is 7.50. The molecule has 24 heavy (non-hydrogen) atoms. The van der Waals surface area contributed by atoms with E-state index in [1.807, 2.05) is 0 Å². The Hall–Kier alpha value is -1.64. The van der Waals surface area contributed by atoms with E-state index in [0.29, 0.717) is 5.41 Å². The van der Waals surface area contributed by atoms with E-state index in [0.717, 1.165) is 13.0 Å². The smallest absolute Gasteiger partial charge is 0.252 e. The summed E-state index contributed by atoms with van der Waals surface area (Å²) >= 11 is 0. The van der Waals surface area contributed by atoms with Crippen molar-refractivity contribution in [1.29, 1.82) is 0 Å². The van der Waals surface area contributed by atoms with Gasteiger partial charge in [0.25, 0.3) is 8.32 Å². The maximum atomic E-state index is 6.83. The molecule has 1 aliphatic carbocycles. The highest BCUT2D eigenvalue weighted by Crippen LogP contribution is 2.42. The normalized spacial score (nSPS) is 16.9. The second-order valence-electron chi connectivity index (χ2n) is 7.25. The summed E-state index contributed by atoms with van der Waals surface area (Å²) < 4.78 is 6.83. The minimum atomic E-state index is -2.18. The number of rotatable bonds is 7. The first-order valence-electron chi connectivity index (χ1n) is 9.04. The lowest BCUT2D eigenvalue weighted by atomic mass is 9.84. The maximum absolute atomic E-state index is 6.83. The van der Waals surface area contributed by atoms with Gasteiger partial charge in [-0.3, -0.25) is 0 Å². The lowest BCUT2D eigenvalue weighted by Crippen LogP contribution is -2.59. The summed E-state index contributed by atoms with van der Waals surface area (Å²) in [7, 11) is -2.18. The Bertz CT molecular complexity index is 605. The van der Waals surface area contributed by atoms with Crippen LogP contribution in [0.2, 0.25) is 6.55 Å². The highest BCUT2D eigenvalue weighted by atomic mass is 28.4. The molecule has 1 saturated carbocycles. The fourth-order valence-corrected chi connectivity index (χ4v) is 6.90. The summed E-state index contributed by atoms with van der Waals surface area (Å²) in [4.78, 5) is 0. The number of allylic oxidation sites excluding steroid dienone is 1. The second-order valence-corrected chi connectivity index (χ2v) is 10.8. The molecule has 0 atom stereocenters. The highest BCUT2D eigenvalue weighted by Gasteiger charge is 2.39. The third-order valence-corrected chi connectivity index (χ3v) is 9.15. The van der Waals surface area contributed by atoms with Crippen molar-refractivity contribution in [2.24, 2.45) is 5.41 Å². The van der Waals surface area contributed by atoms with Crippen LogP contribution in [0.3, 0.4) is 0 Å². The van der Waals surface area contributed by atoms with Gasteiger partial charge in [0.15, 0.2) is 0 Å². The Morgan fingerprint density at radius 3 is 1.92 bits per heavy atom. The zero-order valence-electron chi connectivity index (χ0n) is 14.7. The fourth-order valence-electron chi connectivity index (χ4n) is 3.98. The SMILES string of the molecule is C=CCC1(CO[Si](C)(c2ccccc2)c2ccccc2)CCCC1. The molecule has 0 unspecified atom stereocenters. The van der Waals surface area contributed by atoms with Gasteiger partial charge in [0, 0.05) is 6.61 Å². The molecular formula is C22H28OSi. The molecule has 126 valence electrons. The fraction of sp³-hybridized carbons (Fsp3) is 0.364. The van der Waals surface area contributed by atoms with Gasteiger partial charge in [-0.05, 0) is 41.6 Å². The molecule has 0 aromatic heterocycles. The van der Waals surface area contributed by atoms with Crippen molar-refractivity contribution in [3.63, 3.8) is 0 Å². The summed E-state index contributed by atoms with van der Waals surface area (Å²) in [5.41, 5.74) is 0.305. The minimum Gasteiger partial charge on any atom is -0.408 e. The molecule has 0 saturated heterocycles. The van der Waals surface area contributed by atoms with E-state index < -0.39 is 8.32 Å². The molecule has 0 aliphatic heterocycles. The van der Waals surface area contributed by atoms with Crippen LogP contribution in [0, 0.1) is 5.41 Å².